The molecule has 0 aliphatic carbocycles. The number of nitrogens with one attached hydrogen (secondary N) is 1. The van der Waals surface area contributed by atoms with Crippen molar-refractivity contribution >= 4 is 33.3 Å². The summed E-state index contributed by atoms with van der Waals surface area (Å²) in [5.41, 5.74) is -1.08. The van der Waals surface area contributed by atoms with Crippen LogP contribution in [0.1, 0.15) is 17.7 Å². The van der Waals surface area contributed by atoms with E-state index in [4.69, 9.17) is 16.1 Å². The molecule has 0 saturated carbocycles. The molecule has 2 heterocycles. The number of alkyl halides is 3. The standard InChI is InChI=1S/C18H20ClF3N4O4S/c1-12-10-16(24-30-12)23-17(27)4-5-25-6-8-26(9-7-25)31(28,29)15-11-13(18(20,21)22)2-3-14(15)19/h2-3,10-11H,4-9H2,1H3,(H,23,24,27). The largest absolute Gasteiger partial charge is 0.416 e. The Bertz CT molecular complexity index is 1050. The highest BCUT2D eigenvalue weighted by atomic mass is 35.5. The van der Waals surface area contributed by atoms with Crippen molar-refractivity contribution in [3.8, 4) is 0 Å². The van der Waals surface area contributed by atoms with Gasteiger partial charge in [-0.2, -0.15) is 17.5 Å². The molecular weight excluding hydrogens is 461 g/mol. The second-order valence-corrected chi connectivity index (χ2v) is 9.32. The molecule has 31 heavy (non-hydrogen) atoms. The fraction of sp³-hybridized carbons (Fsp3) is 0.444. The first-order valence-electron chi connectivity index (χ1n) is 9.29. The van der Waals surface area contributed by atoms with Crippen LogP contribution in [0, 0.1) is 6.92 Å². The molecule has 0 radical (unpaired) electrons. The van der Waals surface area contributed by atoms with Gasteiger partial charge in [0.25, 0.3) is 0 Å². The lowest BCUT2D eigenvalue weighted by molar-refractivity contribution is -0.137. The summed E-state index contributed by atoms with van der Waals surface area (Å²) in [5, 5.41) is 6.00. The van der Waals surface area contributed by atoms with Gasteiger partial charge in [0.1, 0.15) is 10.7 Å². The van der Waals surface area contributed by atoms with Gasteiger partial charge < -0.3 is 14.7 Å². The summed E-state index contributed by atoms with van der Waals surface area (Å²) in [4.78, 5) is 13.3. The maximum atomic E-state index is 13.0. The monoisotopic (exact) mass is 480 g/mol. The second-order valence-electron chi connectivity index (χ2n) is 7.01. The molecule has 1 aromatic heterocycles. The third-order valence-corrected chi connectivity index (χ3v) is 7.14. The number of halogens is 4. The highest BCUT2D eigenvalue weighted by molar-refractivity contribution is 7.89. The van der Waals surface area contributed by atoms with Gasteiger partial charge in [-0.25, -0.2) is 8.42 Å². The number of rotatable bonds is 6. The van der Waals surface area contributed by atoms with Crippen LogP contribution < -0.4 is 5.32 Å². The van der Waals surface area contributed by atoms with Crippen LogP contribution in [0.25, 0.3) is 0 Å². The van der Waals surface area contributed by atoms with Crippen LogP contribution in [0.4, 0.5) is 19.0 Å². The summed E-state index contributed by atoms with van der Waals surface area (Å²) in [7, 11) is -4.19. The minimum Gasteiger partial charge on any atom is -0.360 e. The van der Waals surface area contributed by atoms with Gasteiger partial charge >= 0.3 is 6.18 Å². The number of amides is 1. The highest BCUT2D eigenvalue weighted by Gasteiger charge is 2.35. The van der Waals surface area contributed by atoms with Crippen LogP contribution in [0.2, 0.25) is 5.02 Å². The lowest BCUT2D eigenvalue weighted by Gasteiger charge is -2.34. The van der Waals surface area contributed by atoms with Crippen LogP contribution >= 0.6 is 11.6 Å². The van der Waals surface area contributed by atoms with Gasteiger partial charge in [0, 0.05) is 45.2 Å². The normalized spacial score (nSPS) is 16.4. The number of nitrogens with zero attached hydrogens (tertiary/aromatic N) is 3. The number of anilines is 1. The number of hydrogen-bond acceptors (Lipinski definition) is 6. The summed E-state index contributed by atoms with van der Waals surface area (Å²) in [6.45, 7) is 2.87. The van der Waals surface area contributed by atoms with E-state index in [2.05, 4.69) is 10.5 Å². The molecule has 13 heteroatoms. The van der Waals surface area contributed by atoms with E-state index in [1.807, 2.05) is 4.90 Å². The van der Waals surface area contributed by atoms with Crippen molar-refractivity contribution in [2.45, 2.75) is 24.4 Å². The van der Waals surface area contributed by atoms with Gasteiger partial charge in [-0.3, -0.25) is 4.79 Å². The second kappa shape index (κ2) is 9.15. The Balaban J connectivity index is 1.57. The summed E-state index contributed by atoms with van der Waals surface area (Å²) in [5.74, 6) is 0.615. The van der Waals surface area contributed by atoms with Crippen molar-refractivity contribution in [2.75, 3.05) is 38.0 Å². The summed E-state index contributed by atoms with van der Waals surface area (Å²) < 4.78 is 70.6. The van der Waals surface area contributed by atoms with E-state index in [1.54, 1.807) is 13.0 Å². The zero-order valence-electron chi connectivity index (χ0n) is 16.4. The van der Waals surface area contributed by atoms with Crippen molar-refractivity contribution in [3.05, 3.63) is 40.6 Å². The Morgan fingerprint density at radius 3 is 2.48 bits per heavy atom. The molecule has 0 atom stereocenters. The van der Waals surface area contributed by atoms with Crippen molar-refractivity contribution in [1.82, 2.24) is 14.4 Å². The Kier molecular flexibility index (Phi) is 6.94. The van der Waals surface area contributed by atoms with Crippen LogP contribution in [0.5, 0.6) is 0 Å². The highest BCUT2D eigenvalue weighted by Crippen LogP contribution is 2.34. The maximum absolute atomic E-state index is 13.0. The quantitative estimate of drug-likeness (QED) is 0.683. The van der Waals surface area contributed by atoms with Gasteiger partial charge in [-0.05, 0) is 25.1 Å². The molecule has 0 unspecified atom stereocenters. The molecule has 1 fully saturated rings. The van der Waals surface area contributed by atoms with Crippen molar-refractivity contribution in [3.63, 3.8) is 0 Å². The number of aryl methyl sites for hydroxylation is 1. The van der Waals surface area contributed by atoms with Gasteiger partial charge in [0.15, 0.2) is 5.82 Å². The smallest absolute Gasteiger partial charge is 0.360 e. The number of benzene rings is 1. The SMILES string of the molecule is Cc1cc(NC(=O)CCN2CCN(S(=O)(=O)c3cc(C(F)(F)F)ccc3Cl)CC2)no1. The zero-order chi connectivity index (χ0) is 22.8. The average molecular weight is 481 g/mol. The minimum atomic E-state index is -4.68. The molecule has 1 aliphatic heterocycles. The molecule has 0 bridgehead atoms. The summed E-state index contributed by atoms with van der Waals surface area (Å²) in [6, 6.07) is 3.81. The first kappa shape index (κ1) is 23.5. The van der Waals surface area contributed by atoms with Crippen LogP contribution in [0.3, 0.4) is 0 Å². The zero-order valence-corrected chi connectivity index (χ0v) is 18.0. The predicted octanol–water partition coefficient (Wildman–Crippen LogP) is 2.99. The average Bonchev–Trinajstić information content (AvgIpc) is 3.10. The number of carbonyl (C=O) groups is 1. The molecule has 1 aromatic carbocycles. The Morgan fingerprint density at radius 2 is 1.90 bits per heavy atom. The molecule has 1 saturated heterocycles. The van der Waals surface area contributed by atoms with Crippen molar-refractivity contribution in [2.24, 2.45) is 0 Å². The third-order valence-electron chi connectivity index (χ3n) is 4.76. The van der Waals surface area contributed by atoms with E-state index in [1.165, 1.54) is 0 Å². The van der Waals surface area contributed by atoms with E-state index in [-0.39, 0.29) is 30.4 Å². The fourth-order valence-electron chi connectivity index (χ4n) is 3.10. The molecule has 2 aromatic rings. The lowest BCUT2D eigenvalue weighted by Crippen LogP contribution is -2.49. The summed E-state index contributed by atoms with van der Waals surface area (Å²) >= 11 is 5.89. The Morgan fingerprint density at radius 1 is 1.23 bits per heavy atom. The number of sulfonamides is 1. The van der Waals surface area contributed by atoms with Crippen molar-refractivity contribution in [1.29, 1.82) is 0 Å². The molecule has 8 nitrogen and oxygen atoms in total. The van der Waals surface area contributed by atoms with E-state index in [9.17, 15) is 26.4 Å². The molecule has 1 N–H and O–H groups in total. The fourth-order valence-corrected chi connectivity index (χ4v) is 5.02. The first-order chi connectivity index (χ1) is 14.5. The topological polar surface area (TPSA) is 95.8 Å². The van der Waals surface area contributed by atoms with Gasteiger partial charge in [0.05, 0.1) is 10.6 Å². The van der Waals surface area contributed by atoms with E-state index in [0.717, 1.165) is 16.4 Å². The van der Waals surface area contributed by atoms with Gasteiger partial charge in [-0.1, -0.05) is 16.8 Å². The van der Waals surface area contributed by atoms with E-state index < -0.39 is 26.7 Å². The maximum Gasteiger partial charge on any atom is 0.416 e. The van der Waals surface area contributed by atoms with Gasteiger partial charge in [-0.15, -0.1) is 0 Å². The van der Waals surface area contributed by atoms with E-state index in [0.29, 0.717) is 37.3 Å². The number of carbonyl (C=O) groups excluding carboxylic acids is 1. The van der Waals surface area contributed by atoms with Crippen LogP contribution in [-0.2, 0) is 21.0 Å². The Labute approximate surface area is 182 Å². The van der Waals surface area contributed by atoms with Crippen molar-refractivity contribution < 1.29 is 30.9 Å². The Hall–Kier alpha value is -2.15. The molecule has 170 valence electrons. The molecule has 1 aliphatic rings. The summed E-state index contributed by atoms with van der Waals surface area (Å²) in [6.07, 6.45) is -4.52. The molecule has 3 rings (SSSR count). The minimum absolute atomic E-state index is 0.0685. The van der Waals surface area contributed by atoms with Crippen LogP contribution in [0.15, 0.2) is 33.7 Å². The van der Waals surface area contributed by atoms with E-state index >= 15 is 0 Å². The first-order valence-corrected chi connectivity index (χ1v) is 11.1. The van der Waals surface area contributed by atoms with Gasteiger partial charge in [0.2, 0.25) is 15.9 Å². The van der Waals surface area contributed by atoms with Crippen LogP contribution in [-0.4, -0.2) is 61.4 Å². The predicted molar refractivity (Wildman–Crippen MR) is 106 cm³/mol. The lowest BCUT2D eigenvalue weighted by atomic mass is 10.2. The number of aromatic nitrogens is 1. The number of hydrogen-bond donors (Lipinski definition) is 1. The third kappa shape index (κ3) is 5.76. The molecule has 0 spiro atoms. The molecular formula is C18H20ClF3N4O4S. The number of piperazine rings is 1. The molecule has 1 amide bonds.